The van der Waals surface area contributed by atoms with E-state index in [0.29, 0.717) is 44.9 Å². The van der Waals surface area contributed by atoms with Gasteiger partial charge in [0.1, 0.15) is 12.3 Å². The van der Waals surface area contributed by atoms with Gasteiger partial charge >= 0.3 is 6.18 Å². The molecular weight excluding hydrogens is 545 g/mol. The Balaban J connectivity index is 1.63. The largest absolute Gasteiger partial charge is 0.511 e. The summed E-state index contributed by atoms with van der Waals surface area (Å²) in [5.41, 5.74) is -2.74. The molecule has 5 aliphatic carbocycles. The van der Waals surface area contributed by atoms with Crippen molar-refractivity contribution in [1.29, 1.82) is 5.26 Å². The van der Waals surface area contributed by atoms with Gasteiger partial charge in [0.05, 0.1) is 29.1 Å². The third-order valence-corrected chi connectivity index (χ3v) is 13.2. The maximum Gasteiger partial charge on any atom is 0.405 e. The van der Waals surface area contributed by atoms with Crippen LogP contribution >= 0.6 is 0 Å². The van der Waals surface area contributed by atoms with Gasteiger partial charge in [-0.25, -0.2) is 0 Å². The van der Waals surface area contributed by atoms with Crippen molar-refractivity contribution in [1.82, 2.24) is 5.32 Å². The summed E-state index contributed by atoms with van der Waals surface area (Å²) >= 11 is 0. The zero-order valence-electron chi connectivity index (χ0n) is 25.7. The zero-order chi connectivity index (χ0) is 31.3. The van der Waals surface area contributed by atoms with Gasteiger partial charge in [0.2, 0.25) is 5.91 Å². The van der Waals surface area contributed by atoms with Crippen LogP contribution in [0.4, 0.5) is 13.2 Å². The van der Waals surface area contributed by atoms with Crippen LogP contribution < -0.4 is 5.32 Å². The van der Waals surface area contributed by atoms with Crippen molar-refractivity contribution >= 4 is 11.7 Å². The monoisotopic (exact) mass is 590 g/mol. The Morgan fingerprint density at radius 2 is 1.74 bits per heavy atom. The molecular formula is C33H45F3N2O4. The smallest absolute Gasteiger partial charge is 0.405 e. The van der Waals surface area contributed by atoms with Crippen molar-refractivity contribution in [3.05, 3.63) is 23.0 Å². The van der Waals surface area contributed by atoms with E-state index in [0.717, 1.165) is 5.57 Å². The minimum absolute atomic E-state index is 0.0674. The summed E-state index contributed by atoms with van der Waals surface area (Å²) in [4.78, 5) is 28.2. The Morgan fingerprint density at radius 3 is 2.33 bits per heavy atom. The predicted octanol–water partition coefficient (Wildman–Crippen LogP) is 6.56. The molecule has 0 aromatic rings. The molecule has 0 aromatic carbocycles. The van der Waals surface area contributed by atoms with Crippen LogP contribution in [0.1, 0.15) is 92.9 Å². The minimum atomic E-state index is -4.52. The van der Waals surface area contributed by atoms with Crippen molar-refractivity contribution < 1.29 is 33.0 Å². The molecule has 0 radical (unpaired) electrons. The van der Waals surface area contributed by atoms with E-state index in [1.807, 2.05) is 0 Å². The SMILES string of the molecule is CC1(C)CC[C@]2(C(=O)NCC(F)(F)F)CC[C@]3(C)[C@H](C(=O)C=C4[C@@]5(C)CC(C#N)=C(O)[C@@](C)(CO)[C@@H]5CC[C@]43C)[C@@H]2C1. The number of nitriles is 1. The van der Waals surface area contributed by atoms with Gasteiger partial charge in [0, 0.05) is 5.92 Å². The van der Waals surface area contributed by atoms with Crippen molar-refractivity contribution in [2.75, 3.05) is 13.2 Å². The van der Waals surface area contributed by atoms with Gasteiger partial charge in [-0.15, -0.1) is 0 Å². The number of aliphatic hydroxyl groups excluding tert-OH is 2. The molecule has 8 atom stereocenters. The number of fused-ring (bicyclic) bond motifs is 7. The first kappa shape index (κ1) is 31.1. The zero-order valence-corrected chi connectivity index (χ0v) is 25.7. The summed E-state index contributed by atoms with van der Waals surface area (Å²) in [6, 6.07) is 2.15. The average Bonchev–Trinajstić information content (AvgIpc) is 2.90. The highest BCUT2D eigenvalue weighted by molar-refractivity contribution is 5.96. The fraction of sp³-hybridized carbons (Fsp3) is 0.788. The molecule has 5 rings (SSSR count). The highest BCUT2D eigenvalue weighted by Gasteiger charge is 2.71. The molecule has 0 saturated heterocycles. The second-order valence-corrected chi connectivity index (χ2v) is 15.8. The number of carbonyl (C=O) groups excluding carboxylic acids is 2. The van der Waals surface area contributed by atoms with Gasteiger partial charge < -0.3 is 15.5 Å². The minimum Gasteiger partial charge on any atom is -0.511 e. The van der Waals surface area contributed by atoms with Gasteiger partial charge in [-0.3, -0.25) is 9.59 Å². The molecule has 0 aromatic heterocycles. The molecule has 42 heavy (non-hydrogen) atoms. The number of hydrogen-bond acceptors (Lipinski definition) is 5. The number of rotatable bonds is 3. The van der Waals surface area contributed by atoms with Crippen LogP contribution in [-0.2, 0) is 9.59 Å². The standard InChI is InChI=1S/C33H45F3N2O4/c1-27(2)9-11-32(26(42)38-17-33(34,35)36)12-10-31(6)24(20(32)15-27)21(40)13-23-28(3)14-19(16-37)25(41)29(4,18-39)22(28)7-8-30(23,31)5/h13,20,22,24,39,41H,7-12,14-15,17-18H2,1-6H3,(H,38,42)/t20-,22+,24-,28-,29-,30+,31+,32-/m0/s1. The Morgan fingerprint density at radius 1 is 1.10 bits per heavy atom. The van der Waals surface area contributed by atoms with Crippen LogP contribution in [0.2, 0.25) is 0 Å². The molecule has 3 fully saturated rings. The van der Waals surface area contributed by atoms with E-state index in [2.05, 4.69) is 46.0 Å². The van der Waals surface area contributed by atoms with Gasteiger partial charge in [0.15, 0.2) is 5.78 Å². The lowest BCUT2D eigenvalue weighted by Crippen LogP contribution is -2.67. The molecule has 0 bridgehead atoms. The summed E-state index contributed by atoms with van der Waals surface area (Å²) in [5.74, 6) is -1.86. The first-order valence-electron chi connectivity index (χ1n) is 15.3. The molecule has 3 saturated carbocycles. The Labute approximate surface area is 246 Å². The number of hydrogen-bond donors (Lipinski definition) is 3. The van der Waals surface area contributed by atoms with E-state index < -0.39 is 57.5 Å². The number of halogens is 3. The Bertz CT molecular complexity index is 1310. The average molecular weight is 591 g/mol. The number of nitrogens with zero attached hydrogens (tertiary/aromatic N) is 1. The summed E-state index contributed by atoms with van der Waals surface area (Å²) in [7, 11) is 0. The van der Waals surface area contributed by atoms with Gasteiger partial charge in [-0.05, 0) is 97.9 Å². The maximum atomic E-state index is 14.5. The number of amides is 1. The second kappa shape index (κ2) is 9.33. The van der Waals surface area contributed by atoms with Crippen molar-refractivity contribution in [3.8, 4) is 6.07 Å². The van der Waals surface area contributed by atoms with E-state index >= 15 is 0 Å². The molecule has 5 aliphatic rings. The van der Waals surface area contributed by atoms with E-state index in [1.54, 1.807) is 13.0 Å². The summed E-state index contributed by atoms with van der Waals surface area (Å²) < 4.78 is 39.5. The van der Waals surface area contributed by atoms with Crippen LogP contribution in [0.25, 0.3) is 0 Å². The molecule has 6 nitrogen and oxygen atoms in total. The molecule has 0 spiro atoms. The molecule has 232 valence electrons. The molecule has 0 heterocycles. The summed E-state index contributed by atoms with van der Waals surface area (Å²) in [6.07, 6.45) is 1.53. The van der Waals surface area contributed by atoms with E-state index in [-0.39, 0.29) is 41.5 Å². The van der Waals surface area contributed by atoms with Gasteiger partial charge in [-0.2, -0.15) is 18.4 Å². The van der Waals surface area contributed by atoms with Crippen LogP contribution in [0.3, 0.4) is 0 Å². The number of alkyl halides is 3. The summed E-state index contributed by atoms with van der Waals surface area (Å²) in [6.45, 7) is 10.7. The Kier molecular flexibility index (Phi) is 6.91. The van der Waals surface area contributed by atoms with Crippen molar-refractivity contribution in [2.45, 2.75) is 99.1 Å². The number of carbonyl (C=O) groups is 2. The molecule has 1 amide bonds. The van der Waals surface area contributed by atoms with Crippen LogP contribution in [0.15, 0.2) is 23.0 Å². The number of nitrogens with one attached hydrogen (secondary N) is 1. The van der Waals surface area contributed by atoms with E-state index in [9.17, 15) is 38.2 Å². The quantitative estimate of drug-likeness (QED) is 0.345. The highest BCUT2D eigenvalue weighted by atomic mass is 19.4. The fourth-order valence-electron chi connectivity index (χ4n) is 10.7. The van der Waals surface area contributed by atoms with Crippen LogP contribution in [-0.4, -0.2) is 41.2 Å². The lowest BCUT2D eigenvalue weighted by atomic mass is 9.34. The molecule has 3 N–H and O–H groups in total. The van der Waals surface area contributed by atoms with Gasteiger partial charge in [0.25, 0.3) is 0 Å². The molecule has 9 heteroatoms. The topological polar surface area (TPSA) is 110 Å². The third-order valence-electron chi connectivity index (χ3n) is 13.2. The van der Waals surface area contributed by atoms with Gasteiger partial charge in [-0.1, -0.05) is 40.2 Å². The van der Waals surface area contributed by atoms with E-state index in [4.69, 9.17) is 0 Å². The summed E-state index contributed by atoms with van der Waals surface area (Å²) in [5, 5.41) is 33.7. The van der Waals surface area contributed by atoms with Crippen LogP contribution in [0.5, 0.6) is 0 Å². The fourth-order valence-corrected chi connectivity index (χ4v) is 10.7. The normalized spacial score (nSPS) is 44.5. The van der Waals surface area contributed by atoms with Crippen LogP contribution in [0, 0.1) is 61.6 Å². The first-order valence-corrected chi connectivity index (χ1v) is 15.3. The first-order chi connectivity index (χ1) is 19.2. The lowest BCUT2D eigenvalue weighted by Gasteiger charge is -2.69. The predicted molar refractivity (Wildman–Crippen MR) is 151 cm³/mol. The maximum absolute atomic E-state index is 14.5. The molecule has 0 unspecified atom stereocenters. The Hall–Kier alpha value is -2.34. The number of allylic oxidation sites excluding steroid dienone is 3. The number of aliphatic hydroxyl groups is 2. The second-order valence-electron chi connectivity index (χ2n) is 15.8. The van der Waals surface area contributed by atoms with Crippen molar-refractivity contribution in [3.63, 3.8) is 0 Å². The third kappa shape index (κ3) is 4.06. The number of ketones is 1. The van der Waals surface area contributed by atoms with E-state index in [1.165, 1.54) is 0 Å². The lowest BCUT2D eigenvalue weighted by molar-refractivity contribution is -0.183. The highest BCUT2D eigenvalue weighted by Crippen LogP contribution is 2.75. The van der Waals surface area contributed by atoms with Crippen molar-refractivity contribution in [2.24, 2.45) is 50.2 Å². The molecule has 0 aliphatic heterocycles.